The van der Waals surface area contributed by atoms with E-state index in [1.807, 2.05) is 6.26 Å². The van der Waals surface area contributed by atoms with Crippen molar-refractivity contribution in [3.8, 4) is 0 Å². The Morgan fingerprint density at radius 1 is 1.32 bits per heavy atom. The lowest BCUT2D eigenvalue weighted by molar-refractivity contribution is 0.172. The van der Waals surface area contributed by atoms with Gasteiger partial charge in [0.1, 0.15) is 5.76 Å². The summed E-state index contributed by atoms with van der Waals surface area (Å²) in [6.07, 6.45) is 8.61. The van der Waals surface area contributed by atoms with Gasteiger partial charge in [0.2, 0.25) is 0 Å². The predicted molar refractivity (Wildman–Crippen MR) is 79.0 cm³/mol. The average molecular weight is 264 g/mol. The minimum absolute atomic E-state index is 0.741. The summed E-state index contributed by atoms with van der Waals surface area (Å²) in [6.45, 7) is 8.56. The van der Waals surface area contributed by atoms with Crippen molar-refractivity contribution >= 4 is 0 Å². The van der Waals surface area contributed by atoms with Crippen molar-refractivity contribution in [1.29, 1.82) is 0 Å². The van der Waals surface area contributed by atoms with Crippen LogP contribution in [-0.2, 0) is 13.1 Å². The van der Waals surface area contributed by atoms with Gasteiger partial charge in [-0.25, -0.2) is 0 Å². The van der Waals surface area contributed by atoms with Crippen LogP contribution in [0.4, 0.5) is 0 Å². The fourth-order valence-electron chi connectivity index (χ4n) is 2.98. The van der Waals surface area contributed by atoms with Gasteiger partial charge in [-0.05, 0) is 38.4 Å². The van der Waals surface area contributed by atoms with E-state index in [9.17, 15) is 0 Å². The van der Waals surface area contributed by atoms with Crippen molar-refractivity contribution in [3.63, 3.8) is 0 Å². The van der Waals surface area contributed by atoms with Crippen molar-refractivity contribution in [2.24, 2.45) is 0 Å². The molecule has 0 amide bonds. The Hall–Kier alpha value is -0.800. The number of rotatable bonds is 6. The molecule has 3 heteroatoms. The molecule has 1 unspecified atom stereocenters. The summed E-state index contributed by atoms with van der Waals surface area (Å²) < 4.78 is 5.72. The quantitative estimate of drug-likeness (QED) is 0.852. The summed E-state index contributed by atoms with van der Waals surface area (Å²) in [6, 6.07) is 2.95. The van der Waals surface area contributed by atoms with E-state index in [0.29, 0.717) is 0 Å². The Morgan fingerprint density at radius 2 is 2.21 bits per heavy atom. The number of furan rings is 1. The number of likely N-dealkylation sites (tertiary alicyclic amines) is 1. The van der Waals surface area contributed by atoms with Crippen LogP contribution in [0.3, 0.4) is 0 Å². The van der Waals surface area contributed by atoms with Crippen molar-refractivity contribution in [1.82, 2.24) is 10.2 Å². The van der Waals surface area contributed by atoms with E-state index < -0.39 is 0 Å². The second-order valence-corrected chi connectivity index (χ2v) is 5.58. The fourth-order valence-corrected chi connectivity index (χ4v) is 2.98. The molecule has 1 aliphatic rings. The van der Waals surface area contributed by atoms with Gasteiger partial charge in [-0.3, -0.25) is 4.90 Å². The Labute approximate surface area is 117 Å². The highest BCUT2D eigenvalue weighted by molar-refractivity contribution is 5.12. The van der Waals surface area contributed by atoms with E-state index in [2.05, 4.69) is 30.1 Å². The molecule has 1 aliphatic heterocycles. The lowest BCUT2D eigenvalue weighted by Crippen LogP contribution is -2.33. The van der Waals surface area contributed by atoms with E-state index in [1.165, 1.54) is 44.2 Å². The van der Waals surface area contributed by atoms with Gasteiger partial charge in [0.15, 0.2) is 0 Å². The lowest BCUT2D eigenvalue weighted by atomic mass is 10.1. The Kier molecular flexibility index (Phi) is 5.93. The van der Waals surface area contributed by atoms with Crippen LogP contribution in [0, 0.1) is 0 Å². The van der Waals surface area contributed by atoms with Crippen LogP contribution >= 0.6 is 0 Å². The topological polar surface area (TPSA) is 28.4 Å². The first-order valence-electron chi connectivity index (χ1n) is 7.84. The molecule has 3 nitrogen and oxygen atoms in total. The maximum absolute atomic E-state index is 5.72. The molecule has 0 radical (unpaired) electrons. The highest BCUT2D eigenvalue weighted by Gasteiger charge is 2.20. The molecule has 2 heterocycles. The molecule has 19 heavy (non-hydrogen) atoms. The molecule has 108 valence electrons. The summed E-state index contributed by atoms with van der Waals surface area (Å²) >= 11 is 0. The zero-order valence-corrected chi connectivity index (χ0v) is 12.5. The molecule has 1 aromatic heterocycles. The standard InChI is InChI=1S/C16H28N2O/c1-3-15-8-6-5-7-9-18(15)12-16-10-14(13-19-16)11-17-4-2/h10,13,15,17H,3-9,11-12H2,1-2H3. The molecule has 1 fully saturated rings. The van der Waals surface area contributed by atoms with E-state index in [0.717, 1.165) is 31.4 Å². The van der Waals surface area contributed by atoms with Crippen LogP contribution in [0.5, 0.6) is 0 Å². The van der Waals surface area contributed by atoms with Crippen molar-refractivity contribution < 1.29 is 4.42 Å². The molecule has 2 rings (SSSR count). The molecule has 0 spiro atoms. The van der Waals surface area contributed by atoms with Crippen LogP contribution in [0.2, 0.25) is 0 Å². The summed E-state index contributed by atoms with van der Waals surface area (Å²) in [7, 11) is 0. The van der Waals surface area contributed by atoms with Gasteiger partial charge in [-0.1, -0.05) is 26.7 Å². The number of nitrogens with one attached hydrogen (secondary N) is 1. The smallest absolute Gasteiger partial charge is 0.118 e. The maximum Gasteiger partial charge on any atom is 0.118 e. The average Bonchev–Trinajstić information content (AvgIpc) is 2.74. The summed E-state index contributed by atoms with van der Waals surface area (Å²) in [5.74, 6) is 1.12. The van der Waals surface area contributed by atoms with Gasteiger partial charge >= 0.3 is 0 Å². The Bertz CT molecular complexity index is 361. The van der Waals surface area contributed by atoms with E-state index in [-0.39, 0.29) is 0 Å². The summed E-state index contributed by atoms with van der Waals surface area (Å²) in [5.41, 5.74) is 1.26. The third-order valence-corrected chi connectivity index (χ3v) is 4.12. The van der Waals surface area contributed by atoms with Crippen LogP contribution in [-0.4, -0.2) is 24.0 Å². The number of hydrogen-bond donors (Lipinski definition) is 1. The summed E-state index contributed by atoms with van der Waals surface area (Å²) in [5, 5.41) is 3.34. The molecule has 0 aliphatic carbocycles. The third kappa shape index (κ3) is 4.36. The maximum atomic E-state index is 5.72. The first-order chi connectivity index (χ1) is 9.33. The highest BCUT2D eigenvalue weighted by atomic mass is 16.3. The van der Waals surface area contributed by atoms with Crippen molar-refractivity contribution in [3.05, 3.63) is 23.7 Å². The zero-order valence-electron chi connectivity index (χ0n) is 12.5. The molecule has 1 saturated heterocycles. The fraction of sp³-hybridized carbons (Fsp3) is 0.750. The largest absolute Gasteiger partial charge is 0.468 e. The lowest BCUT2D eigenvalue weighted by Gasteiger charge is -2.28. The molecule has 0 saturated carbocycles. The van der Waals surface area contributed by atoms with Gasteiger partial charge in [0.25, 0.3) is 0 Å². The molecule has 1 aromatic rings. The normalized spacial score (nSPS) is 21.5. The molecule has 0 bridgehead atoms. The van der Waals surface area contributed by atoms with E-state index >= 15 is 0 Å². The zero-order chi connectivity index (χ0) is 13.5. The van der Waals surface area contributed by atoms with E-state index in [4.69, 9.17) is 4.42 Å². The van der Waals surface area contributed by atoms with Gasteiger partial charge < -0.3 is 9.73 Å². The first kappa shape index (κ1) is 14.6. The summed E-state index contributed by atoms with van der Waals surface area (Å²) in [4.78, 5) is 2.61. The minimum atomic E-state index is 0.741. The van der Waals surface area contributed by atoms with Crippen LogP contribution < -0.4 is 5.32 Å². The predicted octanol–water partition coefficient (Wildman–Crippen LogP) is 3.54. The molecule has 1 atom stereocenters. The van der Waals surface area contributed by atoms with Crippen molar-refractivity contribution in [2.45, 2.75) is 65.1 Å². The molecular weight excluding hydrogens is 236 g/mol. The molecule has 1 N–H and O–H groups in total. The Morgan fingerprint density at radius 3 is 3.00 bits per heavy atom. The minimum Gasteiger partial charge on any atom is -0.468 e. The van der Waals surface area contributed by atoms with Crippen LogP contribution in [0.15, 0.2) is 16.7 Å². The second-order valence-electron chi connectivity index (χ2n) is 5.58. The van der Waals surface area contributed by atoms with Gasteiger partial charge in [-0.2, -0.15) is 0 Å². The van der Waals surface area contributed by atoms with Gasteiger partial charge in [-0.15, -0.1) is 0 Å². The van der Waals surface area contributed by atoms with Gasteiger partial charge in [0.05, 0.1) is 12.8 Å². The molecule has 0 aromatic carbocycles. The third-order valence-electron chi connectivity index (χ3n) is 4.12. The van der Waals surface area contributed by atoms with E-state index in [1.54, 1.807) is 0 Å². The van der Waals surface area contributed by atoms with Crippen LogP contribution in [0.25, 0.3) is 0 Å². The second kappa shape index (κ2) is 7.71. The van der Waals surface area contributed by atoms with Gasteiger partial charge in [0, 0.05) is 18.2 Å². The van der Waals surface area contributed by atoms with Crippen LogP contribution in [0.1, 0.15) is 57.3 Å². The SMILES string of the molecule is CCNCc1coc(CN2CCCCCC2CC)c1. The number of hydrogen-bond acceptors (Lipinski definition) is 3. The van der Waals surface area contributed by atoms with Crippen molar-refractivity contribution in [2.75, 3.05) is 13.1 Å². The Balaban J connectivity index is 1.92. The highest BCUT2D eigenvalue weighted by Crippen LogP contribution is 2.22. The first-order valence-corrected chi connectivity index (χ1v) is 7.84. The molecular formula is C16H28N2O. The number of nitrogens with zero attached hydrogens (tertiary/aromatic N) is 1. The monoisotopic (exact) mass is 264 g/mol.